The normalized spacial score (nSPS) is 13.7. The molecule has 0 aliphatic heterocycles. The summed E-state index contributed by atoms with van der Waals surface area (Å²) in [5.41, 5.74) is 11.5. The monoisotopic (exact) mass is 524 g/mol. The third-order valence-corrected chi connectivity index (χ3v) is 6.75. The van der Waals surface area contributed by atoms with Gasteiger partial charge in [-0.1, -0.05) is 60.7 Å². The van der Waals surface area contributed by atoms with Crippen molar-refractivity contribution in [2.24, 2.45) is 5.10 Å². The van der Waals surface area contributed by atoms with Gasteiger partial charge in [-0.2, -0.15) is 5.10 Å². The van der Waals surface area contributed by atoms with Crippen molar-refractivity contribution in [3.05, 3.63) is 118 Å². The van der Waals surface area contributed by atoms with Crippen LogP contribution < -0.4 is 16.3 Å². The first kappa shape index (κ1) is 25.7. The molecule has 0 saturated heterocycles. The topological polar surface area (TPSA) is 126 Å². The van der Waals surface area contributed by atoms with E-state index in [2.05, 4.69) is 21.4 Å². The highest BCUT2D eigenvalue weighted by atomic mass is 16.4. The van der Waals surface area contributed by atoms with E-state index in [-0.39, 0.29) is 11.7 Å². The van der Waals surface area contributed by atoms with E-state index in [0.717, 1.165) is 17.5 Å². The number of rotatable bonds is 6. The van der Waals surface area contributed by atoms with Crippen LogP contribution in [0.3, 0.4) is 0 Å². The summed E-state index contributed by atoms with van der Waals surface area (Å²) in [6.07, 6.45) is 3.41. The van der Waals surface area contributed by atoms with Crippen LogP contribution in [0.4, 0.5) is 0 Å². The molecule has 0 fully saturated rings. The zero-order valence-corrected chi connectivity index (χ0v) is 21.6. The third-order valence-electron chi connectivity index (χ3n) is 6.75. The fourth-order valence-electron chi connectivity index (χ4n) is 4.83. The summed E-state index contributed by atoms with van der Waals surface area (Å²) < 4.78 is 11.0. The van der Waals surface area contributed by atoms with Gasteiger partial charge >= 0.3 is 5.91 Å². The number of amides is 3. The maximum atomic E-state index is 13.4. The minimum atomic E-state index is -0.590. The molecular weight excluding hydrogens is 496 g/mol. The van der Waals surface area contributed by atoms with E-state index in [9.17, 15) is 14.4 Å². The number of hydrazone groups is 1. The Balaban J connectivity index is 1.35. The van der Waals surface area contributed by atoms with E-state index in [1.807, 2.05) is 60.7 Å². The number of hydrazine groups is 1. The number of furan rings is 2. The number of hydrogen-bond acceptors (Lipinski definition) is 6. The minimum Gasteiger partial charge on any atom is -0.469 e. The number of nitrogens with one attached hydrogen (secondary N) is 3. The maximum Gasteiger partial charge on any atom is 0.305 e. The van der Waals surface area contributed by atoms with Crippen LogP contribution in [0.1, 0.15) is 73.4 Å². The van der Waals surface area contributed by atoms with Crippen molar-refractivity contribution in [1.82, 2.24) is 16.3 Å². The molecule has 9 nitrogen and oxygen atoms in total. The first-order valence-corrected chi connectivity index (χ1v) is 12.7. The number of fused-ring (bicyclic) bond motifs is 1. The van der Waals surface area contributed by atoms with Crippen molar-refractivity contribution < 1.29 is 23.2 Å². The first-order valence-electron chi connectivity index (χ1n) is 12.7. The lowest BCUT2D eigenvalue weighted by atomic mass is 9.90. The molecule has 0 unspecified atom stereocenters. The molecule has 9 heteroatoms. The quantitative estimate of drug-likeness (QED) is 0.319. The Morgan fingerprint density at radius 3 is 2.10 bits per heavy atom. The van der Waals surface area contributed by atoms with Crippen LogP contribution in [0.25, 0.3) is 0 Å². The molecule has 0 atom stereocenters. The molecule has 4 aromatic rings. The molecule has 5 rings (SSSR count). The lowest BCUT2D eigenvalue weighted by Gasteiger charge is -2.18. The Bertz CT molecular complexity index is 1500. The molecular formula is C30H28N4O5. The third kappa shape index (κ3) is 5.38. The summed E-state index contributed by atoms with van der Waals surface area (Å²) in [6, 6.07) is 20.6. The van der Waals surface area contributed by atoms with Gasteiger partial charge in [-0.25, -0.2) is 5.43 Å². The molecule has 0 bridgehead atoms. The average Bonchev–Trinajstić information content (AvgIpc) is 3.55. The SMILES string of the molecule is Cc1occc1C(=O)NNC(=O)c1oc2c(c1C)/C(=N/NC(=O)C(c1ccccc1)c1ccccc1)CCC2. The van der Waals surface area contributed by atoms with Gasteiger partial charge in [0, 0.05) is 17.5 Å². The highest BCUT2D eigenvalue weighted by Crippen LogP contribution is 2.30. The van der Waals surface area contributed by atoms with Crippen LogP contribution in [-0.4, -0.2) is 23.4 Å². The van der Waals surface area contributed by atoms with Crippen LogP contribution in [-0.2, 0) is 11.2 Å². The van der Waals surface area contributed by atoms with Crippen molar-refractivity contribution in [3.63, 3.8) is 0 Å². The van der Waals surface area contributed by atoms with Crippen molar-refractivity contribution in [1.29, 1.82) is 0 Å². The molecule has 3 amide bonds. The van der Waals surface area contributed by atoms with Crippen molar-refractivity contribution in [2.45, 2.75) is 39.0 Å². The maximum absolute atomic E-state index is 13.4. The molecule has 1 aliphatic carbocycles. The standard InChI is InChI=1S/C30H28N4O5/c1-18-25-23(31-33-29(36)26(20-10-5-3-6-11-20)21-12-7-4-8-13-21)14-9-15-24(25)39-27(18)30(37)34-32-28(35)22-16-17-38-19(22)2/h3-8,10-13,16-17,26H,9,14-15H2,1-2H3,(H,32,35)(H,33,36)(H,34,37)/b31-23+. The minimum absolute atomic E-state index is 0.0802. The Hall–Kier alpha value is -4.92. The molecule has 2 aromatic heterocycles. The highest BCUT2D eigenvalue weighted by Gasteiger charge is 2.29. The fourth-order valence-corrected chi connectivity index (χ4v) is 4.83. The molecule has 0 radical (unpaired) electrons. The molecule has 3 N–H and O–H groups in total. The molecule has 198 valence electrons. The van der Waals surface area contributed by atoms with E-state index in [0.29, 0.717) is 46.8 Å². The van der Waals surface area contributed by atoms with E-state index in [4.69, 9.17) is 8.83 Å². The summed E-state index contributed by atoms with van der Waals surface area (Å²) >= 11 is 0. The van der Waals surface area contributed by atoms with Gasteiger partial charge in [0.05, 0.1) is 23.5 Å². The number of benzene rings is 2. The predicted molar refractivity (Wildman–Crippen MR) is 144 cm³/mol. The Morgan fingerprint density at radius 2 is 1.49 bits per heavy atom. The molecule has 1 aliphatic rings. The second-order valence-corrected chi connectivity index (χ2v) is 9.30. The van der Waals surface area contributed by atoms with Crippen LogP contribution in [0.5, 0.6) is 0 Å². The number of carbonyl (C=O) groups is 3. The van der Waals surface area contributed by atoms with E-state index in [1.165, 1.54) is 12.3 Å². The zero-order valence-electron chi connectivity index (χ0n) is 21.6. The van der Waals surface area contributed by atoms with Crippen molar-refractivity contribution in [3.8, 4) is 0 Å². The molecule has 39 heavy (non-hydrogen) atoms. The highest BCUT2D eigenvalue weighted by molar-refractivity contribution is 6.07. The Morgan fingerprint density at radius 1 is 0.846 bits per heavy atom. The van der Waals surface area contributed by atoms with Crippen molar-refractivity contribution >= 4 is 23.4 Å². The zero-order chi connectivity index (χ0) is 27.4. The predicted octanol–water partition coefficient (Wildman–Crippen LogP) is 4.55. The van der Waals surface area contributed by atoms with E-state index >= 15 is 0 Å². The van der Waals surface area contributed by atoms with Crippen LogP contribution in [0.2, 0.25) is 0 Å². The summed E-state index contributed by atoms with van der Waals surface area (Å²) in [5, 5.41) is 4.49. The lowest BCUT2D eigenvalue weighted by Crippen LogP contribution is -2.41. The van der Waals surface area contributed by atoms with Crippen LogP contribution in [0.15, 0.2) is 86.9 Å². The van der Waals surface area contributed by atoms with Gasteiger partial charge in [0.1, 0.15) is 11.5 Å². The van der Waals surface area contributed by atoms with Crippen LogP contribution >= 0.6 is 0 Å². The summed E-state index contributed by atoms with van der Waals surface area (Å²) in [7, 11) is 0. The van der Waals surface area contributed by atoms with Gasteiger partial charge in [-0.05, 0) is 43.9 Å². The average molecular weight is 525 g/mol. The van der Waals surface area contributed by atoms with Crippen molar-refractivity contribution in [2.75, 3.05) is 0 Å². The van der Waals surface area contributed by atoms with Gasteiger partial charge in [-0.15, -0.1) is 0 Å². The molecule has 2 heterocycles. The van der Waals surface area contributed by atoms with E-state index in [1.54, 1.807) is 13.8 Å². The first-order chi connectivity index (χ1) is 18.9. The van der Waals surface area contributed by atoms with Gasteiger partial charge in [0.25, 0.3) is 11.8 Å². The van der Waals surface area contributed by atoms with Gasteiger partial charge < -0.3 is 8.83 Å². The molecule has 2 aromatic carbocycles. The number of carbonyl (C=O) groups excluding carboxylic acids is 3. The fraction of sp³-hybridized carbons (Fsp3) is 0.200. The summed E-state index contributed by atoms with van der Waals surface area (Å²) in [4.78, 5) is 38.6. The summed E-state index contributed by atoms with van der Waals surface area (Å²) in [6.45, 7) is 3.42. The second kappa shape index (κ2) is 11.2. The number of nitrogens with zero attached hydrogens (tertiary/aromatic N) is 1. The Labute approximate surface area is 225 Å². The summed E-state index contributed by atoms with van der Waals surface area (Å²) in [5.74, 6) is -0.741. The molecule has 0 spiro atoms. The van der Waals surface area contributed by atoms with Crippen LogP contribution in [0, 0.1) is 13.8 Å². The second-order valence-electron chi connectivity index (χ2n) is 9.30. The largest absolute Gasteiger partial charge is 0.469 e. The van der Waals surface area contributed by atoms with E-state index < -0.39 is 17.7 Å². The smallest absolute Gasteiger partial charge is 0.305 e. The Kier molecular flexibility index (Phi) is 7.40. The number of hydrogen-bond donors (Lipinski definition) is 3. The van der Waals surface area contributed by atoms with Gasteiger partial charge in [0.15, 0.2) is 5.76 Å². The number of aryl methyl sites for hydroxylation is 2. The lowest BCUT2D eigenvalue weighted by molar-refractivity contribution is -0.121. The van der Waals surface area contributed by atoms with Gasteiger partial charge in [-0.3, -0.25) is 25.2 Å². The molecule has 0 saturated carbocycles. The van der Waals surface area contributed by atoms with Gasteiger partial charge in [0.2, 0.25) is 0 Å².